The SMILES string of the molecule is F[B-](F)(F)F.[Cl][Fe]([Cl])[Cl]. The minimum absolute atomic E-state index is 1.33. The zero-order chi connectivity index (χ0) is 8.08. The molecule has 0 saturated carbocycles. The number of hydrogen-bond acceptors (Lipinski definition) is 0. The molecule has 0 aliphatic heterocycles. The zero-order valence-electron chi connectivity index (χ0n) is 3.58. The molecule has 0 aliphatic carbocycles. The summed E-state index contributed by atoms with van der Waals surface area (Å²) in [6.07, 6.45) is 0. The van der Waals surface area contributed by atoms with Gasteiger partial charge in [-0.25, -0.2) is 0 Å². The van der Waals surface area contributed by atoms with Gasteiger partial charge < -0.3 is 17.3 Å². The summed E-state index contributed by atoms with van der Waals surface area (Å²) in [4.78, 5) is 0. The van der Waals surface area contributed by atoms with Crippen molar-refractivity contribution in [2.24, 2.45) is 0 Å². The van der Waals surface area contributed by atoms with Crippen molar-refractivity contribution >= 4 is 37.5 Å². The molecule has 0 aromatic rings. The van der Waals surface area contributed by atoms with E-state index in [9.17, 15) is 17.3 Å². The Labute approximate surface area is 66.1 Å². The number of rotatable bonds is 0. The quantitative estimate of drug-likeness (QED) is 0.456. The Morgan fingerprint density at radius 1 is 0.889 bits per heavy atom. The Morgan fingerprint density at radius 2 is 0.889 bits per heavy atom. The molecule has 0 atom stereocenters. The molecular formula is BCl3F4Fe-. The van der Waals surface area contributed by atoms with E-state index in [4.69, 9.17) is 30.3 Å². The van der Waals surface area contributed by atoms with Crippen molar-refractivity contribution in [2.45, 2.75) is 0 Å². The summed E-state index contributed by atoms with van der Waals surface area (Å²) in [6, 6.07) is 0. The van der Waals surface area contributed by atoms with E-state index in [0.29, 0.717) is 0 Å². The van der Waals surface area contributed by atoms with Crippen LogP contribution in [0.15, 0.2) is 0 Å². The first-order valence-electron chi connectivity index (χ1n) is 1.27. The molecule has 0 aromatic heterocycles. The predicted molar refractivity (Wildman–Crippen MR) is 27.7 cm³/mol. The fourth-order valence-corrected chi connectivity index (χ4v) is 0. The first-order chi connectivity index (χ1) is 3.73. The summed E-state index contributed by atoms with van der Waals surface area (Å²) < 4.78 is 39.0. The second-order valence-corrected chi connectivity index (χ2v) is 6.12. The van der Waals surface area contributed by atoms with Gasteiger partial charge in [0.1, 0.15) is 0 Å². The Bertz CT molecular complexity index is 52.6. The maximum atomic E-state index is 9.75. The second-order valence-electron chi connectivity index (χ2n) is 0.646. The van der Waals surface area contributed by atoms with Crippen molar-refractivity contribution in [1.82, 2.24) is 0 Å². The van der Waals surface area contributed by atoms with Gasteiger partial charge >= 0.3 is 48.7 Å². The van der Waals surface area contributed by atoms with Crippen LogP contribution in [0.5, 0.6) is 0 Å². The van der Waals surface area contributed by atoms with Crippen LogP contribution in [-0.4, -0.2) is 7.25 Å². The van der Waals surface area contributed by atoms with E-state index in [-0.39, 0.29) is 0 Å². The van der Waals surface area contributed by atoms with E-state index in [1.807, 2.05) is 0 Å². The van der Waals surface area contributed by atoms with Crippen molar-refractivity contribution in [3.63, 3.8) is 0 Å². The Morgan fingerprint density at radius 3 is 0.889 bits per heavy atom. The molecule has 61 valence electrons. The topological polar surface area (TPSA) is 0 Å². The molecule has 0 amide bonds. The van der Waals surface area contributed by atoms with Crippen LogP contribution in [-0.2, 0) is 11.2 Å². The van der Waals surface area contributed by atoms with Crippen LogP contribution in [0.2, 0.25) is 0 Å². The van der Waals surface area contributed by atoms with Crippen molar-refractivity contribution < 1.29 is 28.4 Å². The van der Waals surface area contributed by atoms with Gasteiger partial charge in [0.25, 0.3) is 0 Å². The summed E-state index contributed by atoms with van der Waals surface area (Å²) in [5, 5.41) is 0. The Balaban J connectivity index is 0. The van der Waals surface area contributed by atoms with E-state index in [1.165, 1.54) is 0 Å². The first-order valence-corrected chi connectivity index (χ1v) is 5.83. The molecule has 9 heavy (non-hydrogen) atoms. The molecule has 0 rings (SSSR count). The number of halogens is 7. The molecule has 0 bridgehead atoms. The fraction of sp³-hybridized carbons (Fsp3) is 0. The Kier molecular flexibility index (Phi) is 8.43. The molecule has 9 heteroatoms. The van der Waals surface area contributed by atoms with Gasteiger partial charge in [-0.1, -0.05) is 0 Å². The van der Waals surface area contributed by atoms with Crippen LogP contribution in [0, 0.1) is 0 Å². The van der Waals surface area contributed by atoms with Gasteiger partial charge in [-0.2, -0.15) is 0 Å². The molecule has 0 nitrogen and oxygen atoms in total. The predicted octanol–water partition coefficient (Wildman–Crippen LogP) is 3.37. The first kappa shape index (κ1) is 12.8. The molecule has 0 aromatic carbocycles. The average molecular weight is 249 g/mol. The maximum absolute atomic E-state index is 9.75. The molecular weight excluding hydrogens is 249 g/mol. The molecule has 0 unspecified atom stereocenters. The summed E-state index contributed by atoms with van der Waals surface area (Å²) >= 11 is -1.33. The van der Waals surface area contributed by atoms with Gasteiger partial charge in [-0.3, -0.25) is 0 Å². The van der Waals surface area contributed by atoms with Crippen molar-refractivity contribution in [1.29, 1.82) is 0 Å². The van der Waals surface area contributed by atoms with Crippen LogP contribution >= 0.6 is 30.3 Å². The summed E-state index contributed by atoms with van der Waals surface area (Å²) in [7, 11) is 8.67. The van der Waals surface area contributed by atoms with Crippen molar-refractivity contribution in [3.05, 3.63) is 0 Å². The fourth-order valence-electron chi connectivity index (χ4n) is 0. The van der Waals surface area contributed by atoms with Crippen LogP contribution in [0.3, 0.4) is 0 Å². The van der Waals surface area contributed by atoms with Gasteiger partial charge in [0, 0.05) is 0 Å². The third-order valence-electron chi connectivity index (χ3n) is 0. The van der Waals surface area contributed by atoms with Gasteiger partial charge in [-0.05, 0) is 0 Å². The summed E-state index contributed by atoms with van der Waals surface area (Å²) in [5.41, 5.74) is 0. The molecule has 0 N–H and O–H groups in total. The van der Waals surface area contributed by atoms with E-state index >= 15 is 0 Å². The van der Waals surface area contributed by atoms with Gasteiger partial charge in [0.15, 0.2) is 0 Å². The van der Waals surface area contributed by atoms with Gasteiger partial charge in [0.05, 0.1) is 0 Å². The monoisotopic (exact) mass is 248 g/mol. The molecule has 0 heterocycles. The summed E-state index contributed by atoms with van der Waals surface area (Å²) in [5.74, 6) is 0. The third-order valence-corrected chi connectivity index (χ3v) is 0. The van der Waals surface area contributed by atoms with Crippen LogP contribution < -0.4 is 0 Å². The molecule has 0 saturated heterocycles. The summed E-state index contributed by atoms with van der Waals surface area (Å²) in [6.45, 7) is 0. The van der Waals surface area contributed by atoms with E-state index in [2.05, 4.69) is 0 Å². The molecule has 0 fully saturated rings. The second kappa shape index (κ2) is 5.92. The average Bonchev–Trinajstić information content (AvgIpc) is 1.19. The van der Waals surface area contributed by atoms with E-state index in [0.717, 1.165) is 0 Å². The Hall–Kier alpha value is 1.17. The number of hydrogen-bond donors (Lipinski definition) is 0. The van der Waals surface area contributed by atoms with E-state index < -0.39 is 18.4 Å². The van der Waals surface area contributed by atoms with E-state index in [1.54, 1.807) is 0 Å². The minimum atomic E-state index is -6.00. The van der Waals surface area contributed by atoms with Crippen LogP contribution in [0.4, 0.5) is 17.3 Å². The molecule has 0 spiro atoms. The van der Waals surface area contributed by atoms with Crippen molar-refractivity contribution in [2.75, 3.05) is 0 Å². The van der Waals surface area contributed by atoms with Crippen LogP contribution in [0.1, 0.15) is 0 Å². The van der Waals surface area contributed by atoms with Crippen molar-refractivity contribution in [3.8, 4) is 0 Å². The van der Waals surface area contributed by atoms with Gasteiger partial charge in [0.2, 0.25) is 0 Å². The van der Waals surface area contributed by atoms with Crippen LogP contribution in [0.25, 0.3) is 0 Å². The normalized spacial score (nSPS) is 11.7. The van der Waals surface area contributed by atoms with Gasteiger partial charge in [-0.15, -0.1) is 0 Å². The zero-order valence-corrected chi connectivity index (χ0v) is 6.95. The molecule has 0 radical (unpaired) electrons. The third kappa shape index (κ3) is 342. The standard InChI is InChI=1S/BF4.3ClH.Fe/c2-1(3,4)5;;;;/h;3*1H;/q-1;;;;+3/p-3. The molecule has 0 aliphatic rings.